The summed E-state index contributed by atoms with van der Waals surface area (Å²) in [4.78, 5) is 16.3. The van der Waals surface area contributed by atoms with Gasteiger partial charge in [-0.25, -0.2) is 4.98 Å². The zero-order valence-corrected chi connectivity index (χ0v) is 20.9. The van der Waals surface area contributed by atoms with Gasteiger partial charge in [-0.3, -0.25) is 9.89 Å². The van der Waals surface area contributed by atoms with Crippen LogP contribution in [-0.2, 0) is 6.54 Å². The number of rotatable bonds is 5. The largest absolute Gasteiger partial charge is 0.354 e. The number of pyridine rings is 1. The molecule has 2 aliphatic heterocycles. The van der Waals surface area contributed by atoms with Crippen molar-refractivity contribution >= 4 is 35.8 Å². The molecule has 2 N–H and O–H groups in total. The number of likely N-dealkylation sites (tertiary alicyclic amines) is 1. The molecule has 164 valence electrons. The van der Waals surface area contributed by atoms with Crippen molar-refractivity contribution < 1.29 is 0 Å². The molecule has 3 heterocycles. The van der Waals surface area contributed by atoms with Crippen molar-refractivity contribution in [1.82, 2.24) is 25.4 Å². The monoisotopic (exact) mass is 515 g/mol. The number of likely N-dealkylation sites (N-methyl/N-ethyl adjacent to an activating group) is 1. The summed E-state index contributed by atoms with van der Waals surface area (Å²) in [7, 11) is 4.01. The van der Waals surface area contributed by atoms with E-state index in [4.69, 9.17) is 0 Å². The molecule has 0 radical (unpaired) electrons. The first-order valence-corrected chi connectivity index (χ1v) is 10.6. The van der Waals surface area contributed by atoms with E-state index < -0.39 is 0 Å². The normalized spacial score (nSPS) is 23.9. The van der Waals surface area contributed by atoms with E-state index in [0.29, 0.717) is 18.0 Å². The summed E-state index contributed by atoms with van der Waals surface area (Å²) in [6.07, 6.45) is 1.98. The third-order valence-corrected chi connectivity index (χ3v) is 6.01. The van der Waals surface area contributed by atoms with Crippen LogP contribution in [-0.4, -0.2) is 86.2 Å². The zero-order valence-electron chi connectivity index (χ0n) is 18.6. The Morgan fingerprint density at radius 1 is 1.21 bits per heavy atom. The number of hydrogen-bond donors (Lipinski definition) is 2. The van der Waals surface area contributed by atoms with Gasteiger partial charge in [0.05, 0.1) is 0 Å². The maximum atomic E-state index is 4.68. The predicted octanol–water partition coefficient (Wildman–Crippen LogP) is 1.85. The lowest BCUT2D eigenvalue weighted by atomic mass is 10.1. The number of piperazine rings is 1. The molecule has 1 aromatic heterocycles. The fraction of sp³-hybridized carbons (Fsp3) is 0.714. The molecule has 0 aromatic carbocycles. The minimum atomic E-state index is 0. The van der Waals surface area contributed by atoms with E-state index in [0.717, 1.165) is 57.6 Å². The number of nitrogens with one attached hydrogen (secondary N) is 2. The number of nitrogens with zero attached hydrogens (tertiary/aromatic N) is 5. The van der Waals surface area contributed by atoms with Crippen LogP contribution in [0.2, 0.25) is 0 Å². The van der Waals surface area contributed by atoms with Gasteiger partial charge in [0.2, 0.25) is 0 Å². The van der Waals surface area contributed by atoms with Crippen molar-refractivity contribution in [2.45, 2.75) is 39.4 Å². The third kappa shape index (κ3) is 6.68. The van der Waals surface area contributed by atoms with Crippen molar-refractivity contribution in [2.75, 3.05) is 58.3 Å². The van der Waals surface area contributed by atoms with Crippen molar-refractivity contribution in [1.29, 1.82) is 0 Å². The summed E-state index contributed by atoms with van der Waals surface area (Å²) in [6, 6.07) is 5.33. The molecule has 1 aromatic rings. The number of aromatic nitrogens is 1. The number of guanidine groups is 1. The second-order valence-electron chi connectivity index (χ2n) is 8.52. The quantitative estimate of drug-likeness (QED) is 0.355. The van der Waals surface area contributed by atoms with Crippen LogP contribution < -0.4 is 15.5 Å². The number of anilines is 1. The summed E-state index contributed by atoms with van der Waals surface area (Å²) in [5.74, 6) is 2.56. The van der Waals surface area contributed by atoms with Crippen LogP contribution in [0.5, 0.6) is 0 Å². The zero-order chi connectivity index (χ0) is 20.1. The number of aliphatic imine (C=N–C) groups is 1. The number of halogens is 1. The Kier molecular flexibility index (Phi) is 9.42. The van der Waals surface area contributed by atoms with Crippen molar-refractivity contribution in [2.24, 2.45) is 10.9 Å². The minimum absolute atomic E-state index is 0. The molecule has 8 heteroatoms. The topological polar surface area (TPSA) is 59.0 Å². The van der Waals surface area contributed by atoms with Crippen LogP contribution in [0.15, 0.2) is 23.3 Å². The lowest BCUT2D eigenvalue weighted by molar-refractivity contribution is 0.265. The van der Waals surface area contributed by atoms with Gasteiger partial charge in [-0.15, -0.1) is 24.0 Å². The molecule has 0 saturated carbocycles. The molecule has 2 fully saturated rings. The molecule has 2 atom stereocenters. The lowest BCUT2D eigenvalue weighted by Crippen LogP contribution is -2.46. The molecule has 0 aliphatic carbocycles. The Morgan fingerprint density at radius 2 is 1.93 bits per heavy atom. The Balaban J connectivity index is 0.00000300. The average Bonchev–Trinajstić information content (AvgIpc) is 3.07. The summed E-state index contributed by atoms with van der Waals surface area (Å²) >= 11 is 0. The van der Waals surface area contributed by atoms with Crippen molar-refractivity contribution in [3.8, 4) is 0 Å². The van der Waals surface area contributed by atoms with Crippen LogP contribution in [0, 0.1) is 5.92 Å². The maximum Gasteiger partial charge on any atom is 0.191 e. The van der Waals surface area contributed by atoms with Gasteiger partial charge < -0.3 is 20.4 Å². The molecule has 0 spiro atoms. The average molecular weight is 515 g/mol. The van der Waals surface area contributed by atoms with Gasteiger partial charge in [0.1, 0.15) is 5.82 Å². The molecule has 29 heavy (non-hydrogen) atoms. The van der Waals surface area contributed by atoms with Crippen LogP contribution in [0.3, 0.4) is 0 Å². The SMILES string of the molecule is CN=C(NCc1ccc(N2CCN(C)CC2)nc1)NC1CN(C(C)C)CC1C.I. The summed E-state index contributed by atoms with van der Waals surface area (Å²) < 4.78 is 0. The van der Waals surface area contributed by atoms with E-state index in [1.807, 2.05) is 13.2 Å². The first-order valence-electron chi connectivity index (χ1n) is 10.6. The van der Waals surface area contributed by atoms with Crippen LogP contribution in [0.25, 0.3) is 0 Å². The molecular weight excluding hydrogens is 477 g/mol. The van der Waals surface area contributed by atoms with Gasteiger partial charge >= 0.3 is 0 Å². The Morgan fingerprint density at radius 3 is 2.48 bits per heavy atom. The van der Waals surface area contributed by atoms with Gasteiger partial charge in [0.15, 0.2) is 5.96 Å². The molecule has 2 aliphatic rings. The Bertz CT molecular complexity index is 641. The minimum Gasteiger partial charge on any atom is -0.354 e. The van der Waals surface area contributed by atoms with E-state index in [1.165, 1.54) is 5.56 Å². The lowest BCUT2D eigenvalue weighted by Gasteiger charge is -2.33. The highest BCUT2D eigenvalue weighted by Gasteiger charge is 2.31. The second-order valence-corrected chi connectivity index (χ2v) is 8.52. The smallest absolute Gasteiger partial charge is 0.191 e. The summed E-state index contributed by atoms with van der Waals surface area (Å²) in [5.41, 5.74) is 1.17. The fourth-order valence-corrected chi connectivity index (χ4v) is 3.91. The second kappa shape index (κ2) is 11.3. The van der Waals surface area contributed by atoms with Crippen LogP contribution in [0.1, 0.15) is 26.3 Å². The molecular formula is C21H38IN7. The highest BCUT2D eigenvalue weighted by molar-refractivity contribution is 14.0. The van der Waals surface area contributed by atoms with Gasteiger partial charge in [0, 0.05) is 71.1 Å². The van der Waals surface area contributed by atoms with E-state index in [9.17, 15) is 0 Å². The Labute approximate surface area is 193 Å². The van der Waals surface area contributed by atoms with Gasteiger partial charge in [-0.2, -0.15) is 0 Å². The molecule has 0 bridgehead atoms. The van der Waals surface area contributed by atoms with E-state index >= 15 is 0 Å². The van der Waals surface area contributed by atoms with Gasteiger partial charge in [-0.05, 0) is 38.4 Å². The molecule has 2 unspecified atom stereocenters. The predicted molar refractivity (Wildman–Crippen MR) is 132 cm³/mol. The summed E-state index contributed by atoms with van der Waals surface area (Å²) in [5, 5.41) is 7.04. The van der Waals surface area contributed by atoms with E-state index in [1.54, 1.807) is 0 Å². The van der Waals surface area contributed by atoms with E-state index in [2.05, 4.69) is 75.3 Å². The third-order valence-electron chi connectivity index (χ3n) is 6.01. The highest BCUT2D eigenvalue weighted by Crippen LogP contribution is 2.18. The van der Waals surface area contributed by atoms with Crippen LogP contribution in [0.4, 0.5) is 5.82 Å². The van der Waals surface area contributed by atoms with Gasteiger partial charge in [0.25, 0.3) is 0 Å². The maximum absolute atomic E-state index is 4.68. The van der Waals surface area contributed by atoms with Crippen LogP contribution >= 0.6 is 24.0 Å². The molecule has 3 rings (SSSR count). The fourth-order valence-electron chi connectivity index (χ4n) is 3.91. The van der Waals surface area contributed by atoms with E-state index in [-0.39, 0.29) is 24.0 Å². The first kappa shape index (κ1) is 24.1. The highest BCUT2D eigenvalue weighted by atomic mass is 127. The van der Waals surface area contributed by atoms with Crippen molar-refractivity contribution in [3.63, 3.8) is 0 Å². The van der Waals surface area contributed by atoms with Gasteiger partial charge in [-0.1, -0.05) is 13.0 Å². The standard InChI is InChI=1S/C21H37N7.HI/c1-16(2)28-14-17(3)19(15-28)25-21(22-4)24-13-18-6-7-20(23-12-18)27-10-8-26(5)9-11-27;/h6-7,12,16-17,19H,8-11,13-15H2,1-5H3,(H2,22,24,25);1H. The number of hydrogen-bond acceptors (Lipinski definition) is 5. The molecule has 7 nitrogen and oxygen atoms in total. The van der Waals surface area contributed by atoms with Crippen molar-refractivity contribution in [3.05, 3.63) is 23.9 Å². The summed E-state index contributed by atoms with van der Waals surface area (Å²) in [6.45, 7) is 14.1. The molecule has 2 saturated heterocycles. The first-order chi connectivity index (χ1) is 13.5. The Hall–Kier alpha value is -1.13. The molecule has 0 amide bonds.